The van der Waals surface area contributed by atoms with Crippen LogP contribution in [0.5, 0.6) is 0 Å². The van der Waals surface area contributed by atoms with Crippen molar-refractivity contribution in [2.75, 3.05) is 0 Å². The molecule has 0 spiro atoms. The van der Waals surface area contributed by atoms with Crippen LogP contribution in [-0.2, 0) is 23.7 Å². The normalized spacial score (nSPS) is 14.3. The van der Waals surface area contributed by atoms with Crippen LogP contribution in [-0.4, -0.2) is 0 Å². The van der Waals surface area contributed by atoms with Crippen molar-refractivity contribution in [3.63, 3.8) is 0 Å². The molecule has 8 rings (SSSR count). The van der Waals surface area contributed by atoms with E-state index in [9.17, 15) is 50.4 Å². The van der Waals surface area contributed by atoms with Gasteiger partial charge in [-0.2, -0.15) is 0 Å². The number of benzene rings is 6. The third kappa shape index (κ3) is 14.4. The zero-order chi connectivity index (χ0) is 43.9. The van der Waals surface area contributed by atoms with Crippen molar-refractivity contribution in [1.82, 2.24) is 0 Å². The second-order valence-electron chi connectivity index (χ2n) is 14.1. The van der Waals surface area contributed by atoms with Crippen molar-refractivity contribution in [1.29, 1.82) is 0 Å². The van der Waals surface area contributed by atoms with Crippen molar-refractivity contribution in [3.8, 4) is 22.3 Å². The van der Waals surface area contributed by atoms with Gasteiger partial charge in [-0.25, -0.2) is 9.13 Å². The molecule has 0 unspecified atom stereocenters. The van der Waals surface area contributed by atoms with Crippen molar-refractivity contribution in [3.05, 3.63) is 168 Å². The molecule has 0 radical (unpaired) electrons. The SMILES string of the molecule is BrCc1ccc(C[n+]2ccc(-c3cc4ccc5cc(-c6cc[n+](Cc7ccc(CBr)cc7)cc6)cc6ccc(c3)c4c56)cc2)cc1.F[P-](F)(F)(F)(F)F.F[P-](F)(F)(F)(F)F. The third-order valence-corrected chi connectivity index (χ3v) is 10.4. The molecule has 0 atom stereocenters. The molecule has 318 valence electrons. The number of rotatable bonds is 8. The first-order valence-corrected chi connectivity index (χ1v) is 24.0. The van der Waals surface area contributed by atoms with Gasteiger partial charge in [-0.05, 0) is 90.0 Å². The second kappa shape index (κ2) is 15.2. The minimum atomic E-state index is -10.7. The molecule has 0 aliphatic heterocycles. The quantitative estimate of drug-likeness (QED) is 0.0471. The fraction of sp³-hybridized carbons (Fsp3) is 0.0952. The maximum atomic E-state index is 9.87. The Morgan fingerprint density at radius 3 is 0.800 bits per heavy atom. The van der Waals surface area contributed by atoms with E-state index in [4.69, 9.17) is 0 Å². The Morgan fingerprint density at radius 2 is 0.567 bits per heavy atom. The van der Waals surface area contributed by atoms with E-state index in [0.29, 0.717) is 0 Å². The van der Waals surface area contributed by atoms with Crippen LogP contribution >= 0.6 is 47.5 Å². The molecule has 6 aromatic carbocycles. The van der Waals surface area contributed by atoms with Crippen LogP contribution in [0.25, 0.3) is 54.6 Å². The fourth-order valence-electron chi connectivity index (χ4n) is 6.57. The van der Waals surface area contributed by atoms with Gasteiger partial charge in [0.05, 0.1) is 0 Å². The van der Waals surface area contributed by atoms with Crippen molar-refractivity contribution < 1.29 is 59.5 Å². The molecular weight excluding hydrogens is 982 g/mol. The topological polar surface area (TPSA) is 7.76 Å². The first-order chi connectivity index (χ1) is 27.5. The molecule has 0 bridgehead atoms. The van der Waals surface area contributed by atoms with E-state index in [1.165, 1.54) is 76.8 Å². The molecule has 0 aliphatic rings. The number of hydrogen-bond donors (Lipinski definition) is 0. The van der Waals surface area contributed by atoms with Gasteiger partial charge in [0, 0.05) is 46.1 Å². The molecule has 0 saturated heterocycles. The Kier molecular flexibility index (Phi) is 11.5. The number of hydrogen-bond acceptors (Lipinski definition) is 0. The summed E-state index contributed by atoms with van der Waals surface area (Å²) < 4.78 is 123. The first kappa shape index (κ1) is 45.2. The monoisotopic (exact) mass is 1010 g/mol. The number of alkyl halides is 2. The van der Waals surface area contributed by atoms with Gasteiger partial charge in [0.15, 0.2) is 37.9 Å². The van der Waals surface area contributed by atoms with Crippen LogP contribution in [0.15, 0.2) is 146 Å². The Hall–Kier alpha value is -4.36. The van der Waals surface area contributed by atoms with Crippen LogP contribution in [0, 0.1) is 0 Å². The maximum absolute atomic E-state index is 10.7. The van der Waals surface area contributed by atoms with Gasteiger partial charge in [-0.3, -0.25) is 0 Å². The molecule has 0 aliphatic carbocycles. The van der Waals surface area contributed by atoms with E-state index >= 15 is 0 Å². The summed E-state index contributed by atoms with van der Waals surface area (Å²) in [7, 11) is -21.3. The summed E-state index contributed by atoms with van der Waals surface area (Å²) in [6.07, 6.45) is 8.75. The minimum absolute atomic E-state index is 0.862. The number of pyridine rings is 2. The van der Waals surface area contributed by atoms with Crippen LogP contribution in [0.2, 0.25) is 0 Å². The van der Waals surface area contributed by atoms with Gasteiger partial charge in [0.2, 0.25) is 0 Å². The Balaban J connectivity index is 0.000000373. The summed E-state index contributed by atoms with van der Waals surface area (Å²) in [6.45, 7) is 1.72. The van der Waals surface area contributed by atoms with Gasteiger partial charge >= 0.3 is 66.0 Å². The standard InChI is InChI=1S/C42H32Br2N2.2F6P/c43-25-29-1-5-31(6-2-29)27-45-17-13-33(14-18-45)39-21-35-9-11-37-23-40(24-38-12-10-36(22-39)41(35)42(37)38)34-15-19-46(20-16-34)28-32-7-3-30(26-44)4-8-32;2*1-7(2,3,4,5)6/h1-24H,25-28H2;;/q+2;2*-1. The van der Waals surface area contributed by atoms with Crippen LogP contribution in [0.1, 0.15) is 22.3 Å². The summed E-state index contributed by atoms with van der Waals surface area (Å²) in [5.41, 5.74) is 10.2. The summed E-state index contributed by atoms with van der Waals surface area (Å²) >= 11 is 7.06. The molecule has 0 saturated carbocycles. The van der Waals surface area contributed by atoms with Crippen LogP contribution in [0.4, 0.5) is 50.4 Å². The van der Waals surface area contributed by atoms with Crippen molar-refractivity contribution in [2.24, 2.45) is 0 Å². The van der Waals surface area contributed by atoms with E-state index in [1.54, 1.807) is 0 Å². The van der Waals surface area contributed by atoms with Gasteiger partial charge in [-0.1, -0.05) is 105 Å². The zero-order valence-corrected chi connectivity index (χ0v) is 35.7. The summed E-state index contributed by atoms with van der Waals surface area (Å²) in [4.78, 5) is 0. The van der Waals surface area contributed by atoms with Gasteiger partial charge in [0.1, 0.15) is 0 Å². The summed E-state index contributed by atoms with van der Waals surface area (Å²) in [5, 5.41) is 9.61. The summed E-state index contributed by atoms with van der Waals surface area (Å²) in [5.74, 6) is 0. The third-order valence-electron chi connectivity index (χ3n) is 9.07. The average Bonchev–Trinajstić information content (AvgIpc) is 3.15. The van der Waals surface area contributed by atoms with Gasteiger partial charge in [-0.15, -0.1) is 0 Å². The van der Waals surface area contributed by atoms with E-state index in [0.717, 1.165) is 23.7 Å². The van der Waals surface area contributed by atoms with E-state index < -0.39 is 15.6 Å². The molecule has 2 heterocycles. The zero-order valence-electron chi connectivity index (χ0n) is 30.8. The summed E-state index contributed by atoms with van der Waals surface area (Å²) in [6, 6.07) is 45.0. The fourth-order valence-corrected chi connectivity index (χ4v) is 7.32. The molecule has 8 aromatic rings. The van der Waals surface area contributed by atoms with E-state index in [1.807, 2.05) is 0 Å². The van der Waals surface area contributed by atoms with Crippen LogP contribution < -0.4 is 9.13 Å². The molecule has 60 heavy (non-hydrogen) atoms. The Morgan fingerprint density at radius 1 is 0.333 bits per heavy atom. The molecular formula is C42H32Br2F12N2P2. The molecule has 0 fully saturated rings. The first-order valence-electron chi connectivity index (χ1n) is 17.7. The van der Waals surface area contributed by atoms with E-state index in [-0.39, 0.29) is 0 Å². The Bertz CT molecular complexity index is 2500. The Labute approximate surface area is 352 Å². The van der Waals surface area contributed by atoms with Crippen LogP contribution in [0.3, 0.4) is 0 Å². The predicted octanol–water partition coefficient (Wildman–Crippen LogP) is 17.1. The predicted molar refractivity (Wildman–Crippen MR) is 225 cm³/mol. The molecule has 18 heteroatoms. The van der Waals surface area contributed by atoms with Gasteiger partial charge in [0.25, 0.3) is 0 Å². The van der Waals surface area contributed by atoms with E-state index in [2.05, 4.69) is 187 Å². The average molecular weight is 1010 g/mol. The number of halogens is 14. The van der Waals surface area contributed by atoms with Crippen molar-refractivity contribution in [2.45, 2.75) is 23.7 Å². The van der Waals surface area contributed by atoms with Crippen molar-refractivity contribution >= 4 is 79.8 Å². The molecule has 2 nitrogen and oxygen atoms in total. The molecule has 0 amide bonds. The molecule has 2 aromatic heterocycles. The number of nitrogens with zero attached hydrogens (tertiary/aromatic N) is 2. The second-order valence-corrected chi connectivity index (χ2v) is 19.0. The van der Waals surface area contributed by atoms with Gasteiger partial charge < -0.3 is 0 Å². The molecule has 0 N–H and O–H groups in total. The number of aromatic nitrogens is 2.